The quantitative estimate of drug-likeness (QED) is 0.929. The molecule has 1 fully saturated rings. The van der Waals surface area contributed by atoms with Crippen molar-refractivity contribution in [2.24, 2.45) is 5.73 Å². The molecule has 2 N–H and O–H groups in total. The van der Waals surface area contributed by atoms with Crippen LogP contribution in [-0.4, -0.2) is 37.2 Å². The maximum atomic E-state index is 5.88. The Bertz CT molecular complexity index is 356. The van der Waals surface area contributed by atoms with E-state index in [2.05, 4.69) is 27.8 Å². The maximum Gasteiger partial charge on any atom is 0.169 e. The number of halogens is 1. The predicted molar refractivity (Wildman–Crippen MR) is 69.8 cm³/mol. The van der Waals surface area contributed by atoms with Crippen molar-refractivity contribution in [2.75, 3.05) is 26.2 Å². The van der Waals surface area contributed by atoms with Crippen molar-refractivity contribution in [2.45, 2.75) is 25.5 Å². The highest BCUT2D eigenvalue weighted by atomic mass is 79.9. The van der Waals surface area contributed by atoms with E-state index >= 15 is 0 Å². The lowest BCUT2D eigenvalue weighted by atomic mass is 10.1. The number of nitrogens with zero attached hydrogens (tertiary/aromatic N) is 1. The highest BCUT2D eigenvalue weighted by Gasteiger charge is 2.25. The number of nitrogens with two attached hydrogens (primary N) is 1. The van der Waals surface area contributed by atoms with Gasteiger partial charge in [-0.1, -0.05) is 0 Å². The van der Waals surface area contributed by atoms with Crippen molar-refractivity contribution in [3.8, 4) is 0 Å². The molecule has 17 heavy (non-hydrogen) atoms. The van der Waals surface area contributed by atoms with Crippen molar-refractivity contribution >= 4 is 15.9 Å². The molecule has 0 bridgehead atoms. The molecule has 0 aromatic carbocycles. The lowest BCUT2D eigenvalue weighted by molar-refractivity contribution is 0.0590. The Hall–Kier alpha value is -0.360. The van der Waals surface area contributed by atoms with Crippen LogP contribution in [0.4, 0.5) is 0 Å². The molecular weight excluding hydrogens is 284 g/mol. The van der Waals surface area contributed by atoms with E-state index in [4.69, 9.17) is 14.9 Å². The molecule has 0 spiro atoms. The van der Waals surface area contributed by atoms with Gasteiger partial charge < -0.3 is 14.9 Å². The normalized spacial score (nSPS) is 24.5. The number of rotatable bonds is 3. The van der Waals surface area contributed by atoms with Crippen molar-refractivity contribution < 1.29 is 9.15 Å². The largest absolute Gasteiger partial charge is 0.453 e. The summed E-state index contributed by atoms with van der Waals surface area (Å²) in [6.45, 7) is 5.40. The van der Waals surface area contributed by atoms with Gasteiger partial charge in [-0.2, -0.15) is 0 Å². The summed E-state index contributed by atoms with van der Waals surface area (Å²) >= 11 is 3.33. The van der Waals surface area contributed by atoms with Crippen LogP contribution in [0.1, 0.15) is 25.1 Å². The van der Waals surface area contributed by atoms with Crippen LogP contribution < -0.4 is 5.73 Å². The van der Waals surface area contributed by atoms with Gasteiger partial charge in [-0.3, -0.25) is 4.90 Å². The second-order valence-electron chi connectivity index (χ2n) is 4.42. The molecule has 1 aromatic rings. The van der Waals surface area contributed by atoms with E-state index in [1.807, 2.05) is 12.1 Å². The molecule has 2 rings (SSSR count). The van der Waals surface area contributed by atoms with E-state index in [1.165, 1.54) is 0 Å². The highest BCUT2D eigenvalue weighted by Crippen LogP contribution is 2.26. The first-order valence-electron chi connectivity index (χ1n) is 6.01. The summed E-state index contributed by atoms with van der Waals surface area (Å²) in [7, 11) is 0. The van der Waals surface area contributed by atoms with E-state index in [0.717, 1.165) is 36.5 Å². The standard InChI is InChI=1S/C12H19BrN2O2/c1-9-8-15(5-2-6-16-9)10(7-14)11-3-4-12(13)17-11/h3-4,9-10H,2,5-8,14H2,1H3. The first kappa shape index (κ1) is 13.1. The van der Waals surface area contributed by atoms with Crippen LogP contribution in [-0.2, 0) is 4.74 Å². The number of ether oxygens (including phenoxy) is 1. The Kier molecular flexibility index (Phi) is 4.62. The molecule has 2 atom stereocenters. The van der Waals surface area contributed by atoms with Gasteiger partial charge in [-0.05, 0) is 41.4 Å². The smallest absolute Gasteiger partial charge is 0.169 e. The zero-order valence-corrected chi connectivity index (χ0v) is 11.6. The molecule has 0 saturated carbocycles. The highest BCUT2D eigenvalue weighted by molar-refractivity contribution is 9.10. The Balaban J connectivity index is 2.11. The fraction of sp³-hybridized carbons (Fsp3) is 0.667. The fourth-order valence-corrected chi connectivity index (χ4v) is 2.58. The third kappa shape index (κ3) is 3.31. The monoisotopic (exact) mass is 302 g/mol. The molecule has 96 valence electrons. The average molecular weight is 303 g/mol. The van der Waals surface area contributed by atoms with Crippen LogP contribution in [0.3, 0.4) is 0 Å². The van der Waals surface area contributed by atoms with E-state index in [9.17, 15) is 0 Å². The molecule has 2 unspecified atom stereocenters. The summed E-state index contributed by atoms with van der Waals surface area (Å²) in [5.41, 5.74) is 5.88. The number of hydrogen-bond acceptors (Lipinski definition) is 4. The van der Waals surface area contributed by atoms with Gasteiger partial charge in [0.25, 0.3) is 0 Å². The van der Waals surface area contributed by atoms with Gasteiger partial charge in [0.05, 0.1) is 12.1 Å². The second kappa shape index (κ2) is 6.00. The SMILES string of the molecule is CC1CN(C(CN)c2ccc(Br)o2)CCCO1. The van der Waals surface area contributed by atoms with Crippen molar-refractivity contribution in [1.29, 1.82) is 0 Å². The summed E-state index contributed by atoms with van der Waals surface area (Å²) in [6.07, 6.45) is 1.30. The average Bonchev–Trinajstić information content (AvgIpc) is 2.59. The summed E-state index contributed by atoms with van der Waals surface area (Å²) < 4.78 is 12.0. The molecule has 1 saturated heterocycles. The fourth-order valence-electron chi connectivity index (χ4n) is 2.26. The van der Waals surface area contributed by atoms with Gasteiger partial charge >= 0.3 is 0 Å². The van der Waals surface area contributed by atoms with Crippen molar-refractivity contribution in [3.05, 3.63) is 22.6 Å². The van der Waals surface area contributed by atoms with Crippen molar-refractivity contribution in [1.82, 2.24) is 4.90 Å². The predicted octanol–water partition coefficient (Wildman–Crippen LogP) is 2.15. The lowest BCUT2D eigenvalue weighted by Crippen LogP contribution is -2.37. The summed E-state index contributed by atoms with van der Waals surface area (Å²) in [4.78, 5) is 2.35. The molecule has 2 heterocycles. The Morgan fingerprint density at radius 3 is 3.06 bits per heavy atom. The lowest BCUT2D eigenvalue weighted by Gasteiger charge is -2.29. The first-order valence-corrected chi connectivity index (χ1v) is 6.81. The zero-order valence-electron chi connectivity index (χ0n) is 10.1. The summed E-state index contributed by atoms with van der Waals surface area (Å²) in [5, 5.41) is 0. The van der Waals surface area contributed by atoms with Gasteiger partial charge in [-0.25, -0.2) is 0 Å². The molecule has 5 heteroatoms. The van der Waals surface area contributed by atoms with Crippen LogP contribution in [0.5, 0.6) is 0 Å². The minimum absolute atomic E-state index is 0.144. The molecule has 1 aliphatic heterocycles. The minimum atomic E-state index is 0.144. The van der Waals surface area contributed by atoms with Crippen LogP contribution in [0, 0.1) is 0 Å². The Labute approximate surface area is 110 Å². The van der Waals surface area contributed by atoms with Gasteiger partial charge in [-0.15, -0.1) is 0 Å². The summed E-state index contributed by atoms with van der Waals surface area (Å²) in [6, 6.07) is 4.04. The second-order valence-corrected chi connectivity index (χ2v) is 5.20. The van der Waals surface area contributed by atoms with Gasteiger partial charge in [0.1, 0.15) is 5.76 Å². The molecule has 0 aliphatic carbocycles. The van der Waals surface area contributed by atoms with Crippen LogP contribution in [0.2, 0.25) is 0 Å². The Morgan fingerprint density at radius 2 is 2.41 bits per heavy atom. The van der Waals surface area contributed by atoms with Gasteiger partial charge in [0.15, 0.2) is 4.67 Å². The molecule has 0 radical (unpaired) electrons. The van der Waals surface area contributed by atoms with E-state index in [0.29, 0.717) is 6.54 Å². The van der Waals surface area contributed by atoms with Crippen LogP contribution in [0.15, 0.2) is 21.2 Å². The van der Waals surface area contributed by atoms with E-state index in [1.54, 1.807) is 0 Å². The third-order valence-electron chi connectivity index (χ3n) is 3.07. The number of hydrogen-bond donors (Lipinski definition) is 1. The van der Waals surface area contributed by atoms with Gasteiger partial charge in [0, 0.05) is 26.2 Å². The maximum absolute atomic E-state index is 5.88. The topological polar surface area (TPSA) is 51.6 Å². The molecule has 1 aliphatic rings. The van der Waals surface area contributed by atoms with Crippen molar-refractivity contribution in [3.63, 3.8) is 0 Å². The third-order valence-corrected chi connectivity index (χ3v) is 3.50. The molecule has 1 aromatic heterocycles. The van der Waals surface area contributed by atoms with Crippen LogP contribution in [0.25, 0.3) is 0 Å². The zero-order chi connectivity index (χ0) is 12.3. The first-order chi connectivity index (χ1) is 8.20. The summed E-state index contributed by atoms with van der Waals surface area (Å²) in [5.74, 6) is 0.925. The number of furan rings is 1. The van der Waals surface area contributed by atoms with E-state index < -0.39 is 0 Å². The Morgan fingerprint density at radius 1 is 1.59 bits per heavy atom. The minimum Gasteiger partial charge on any atom is -0.453 e. The van der Waals surface area contributed by atoms with Crippen LogP contribution >= 0.6 is 15.9 Å². The molecular formula is C12H19BrN2O2. The van der Waals surface area contributed by atoms with Gasteiger partial charge in [0.2, 0.25) is 0 Å². The molecule has 4 nitrogen and oxygen atoms in total. The van der Waals surface area contributed by atoms with E-state index in [-0.39, 0.29) is 12.1 Å². The molecule has 0 amide bonds.